The molecule has 4 aliphatic heterocycles. The van der Waals surface area contributed by atoms with Crippen LogP contribution in [0.3, 0.4) is 0 Å². The molecule has 2 fully saturated rings. The van der Waals surface area contributed by atoms with Gasteiger partial charge in [-0.15, -0.1) is 0 Å². The van der Waals surface area contributed by atoms with Crippen LogP contribution < -0.4 is 0 Å². The number of hydrogen-bond acceptors (Lipinski definition) is 7. The minimum atomic E-state index is -0.196. The molecule has 178 valence electrons. The van der Waals surface area contributed by atoms with Gasteiger partial charge in [0.15, 0.2) is 0 Å². The molecule has 0 saturated carbocycles. The summed E-state index contributed by atoms with van der Waals surface area (Å²) in [6.45, 7) is 9.74. The lowest BCUT2D eigenvalue weighted by Crippen LogP contribution is -2.55. The summed E-state index contributed by atoms with van der Waals surface area (Å²) in [6, 6.07) is 4.02. The van der Waals surface area contributed by atoms with Gasteiger partial charge in [-0.2, -0.15) is 0 Å². The predicted octanol–water partition coefficient (Wildman–Crippen LogP) is 2.84. The Morgan fingerprint density at radius 2 is 1.76 bits per heavy atom. The van der Waals surface area contributed by atoms with Gasteiger partial charge in [0.25, 0.3) is 0 Å². The molecule has 7 nitrogen and oxygen atoms in total. The van der Waals surface area contributed by atoms with E-state index in [1.54, 1.807) is 0 Å². The van der Waals surface area contributed by atoms with Gasteiger partial charge in [0, 0.05) is 37.7 Å². The molecule has 0 aromatic heterocycles. The minimum absolute atomic E-state index is 0.167. The van der Waals surface area contributed by atoms with E-state index in [4.69, 9.17) is 14.2 Å². The third-order valence-electron chi connectivity index (χ3n) is 8.52. The lowest BCUT2D eigenvalue weighted by molar-refractivity contribution is -0.136. The number of carbonyl (C=O) groups excluding carboxylic acids is 2. The topological polar surface area (TPSA) is 68.3 Å². The highest BCUT2D eigenvalue weighted by Gasteiger charge is 2.46. The van der Waals surface area contributed by atoms with E-state index in [1.807, 2.05) is 20.1 Å². The second kappa shape index (κ2) is 8.76. The molecular weight excluding hydrogens is 420 g/mol. The van der Waals surface area contributed by atoms with Crippen molar-refractivity contribution in [2.24, 2.45) is 5.41 Å². The monoisotopic (exact) mass is 454 g/mol. The van der Waals surface area contributed by atoms with Crippen molar-refractivity contribution in [3.05, 3.63) is 45.7 Å². The van der Waals surface area contributed by atoms with Crippen LogP contribution in [0.1, 0.15) is 53.2 Å². The van der Waals surface area contributed by atoms with Gasteiger partial charge in [0.2, 0.25) is 0 Å². The Kier molecular flexibility index (Phi) is 5.95. The molecule has 4 heterocycles. The van der Waals surface area contributed by atoms with Crippen LogP contribution in [-0.4, -0.2) is 74.3 Å². The van der Waals surface area contributed by atoms with Gasteiger partial charge in [-0.05, 0) is 69.8 Å². The Morgan fingerprint density at radius 1 is 1.03 bits per heavy atom. The molecule has 7 heteroatoms. The maximum Gasteiger partial charge on any atom is 0.338 e. The molecule has 1 unspecified atom stereocenters. The fraction of sp³-hybridized carbons (Fsp3) is 0.615. The van der Waals surface area contributed by atoms with Crippen LogP contribution in [0.4, 0.5) is 0 Å². The summed E-state index contributed by atoms with van der Waals surface area (Å²) in [5, 5.41) is 0. The Morgan fingerprint density at radius 3 is 2.45 bits per heavy atom. The van der Waals surface area contributed by atoms with Crippen LogP contribution in [0.5, 0.6) is 0 Å². The number of esters is 2. The maximum atomic E-state index is 11.8. The minimum Gasteiger partial charge on any atom is -0.457 e. The summed E-state index contributed by atoms with van der Waals surface area (Å²) in [6.07, 6.45) is 4.52. The van der Waals surface area contributed by atoms with Gasteiger partial charge in [0.1, 0.15) is 13.2 Å². The molecule has 0 N–H and O–H groups in total. The summed E-state index contributed by atoms with van der Waals surface area (Å²) in [7, 11) is 1.82. The quantitative estimate of drug-likeness (QED) is 0.634. The number of nitrogens with zero attached hydrogens (tertiary/aromatic N) is 2. The lowest BCUT2D eigenvalue weighted by Gasteiger charge is -2.51. The van der Waals surface area contributed by atoms with Crippen molar-refractivity contribution in [2.75, 3.05) is 46.4 Å². The number of likely N-dealkylation sites (tertiary alicyclic amines) is 2. The average Bonchev–Trinajstić information content (AvgIpc) is 3.37. The van der Waals surface area contributed by atoms with Gasteiger partial charge in [-0.25, -0.2) is 9.59 Å². The highest BCUT2D eigenvalue weighted by atomic mass is 16.5. The molecule has 4 aliphatic rings. The molecule has 1 spiro atoms. The van der Waals surface area contributed by atoms with Crippen LogP contribution in [0.25, 0.3) is 0 Å². The summed E-state index contributed by atoms with van der Waals surface area (Å²) < 4.78 is 16.4. The number of methoxy groups -OCH3 is 1. The van der Waals surface area contributed by atoms with E-state index >= 15 is 0 Å². The number of rotatable bonds is 5. The fourth-order valence-electron chi connectivity index (χ4n) is 6.11. The first-order valence-electron chi connectivity index (χ1n) is 12.1. The molecule has 1 aromatic carbocycles. The molecule has 0 bridgehead atoms. The molecule has 1 atom stereocenters. The van der Waals surface area contributed by atoms with E-state index in [0.717, 1.165) is 80.8 Å². The maximum absolute atomic E-state index is 11.8. The van der Waals surface area contributed by atoms with Crippen LogP contribution in [0.15, 0.2) is 23.4 Å². The van der Waals surface area contributed by atoms with Crippen molar-refractivity contribution in [1.82, 2.24) is 9.80 Å². The Labute approximate surface area is 195 Å². The Bertz CT molecular complexity index is 993. The average molecular weight is 455 g/mol. The summed E-state index contributed by atoms with van der Waals surface area (Å²) in [5.74, 6) is -0.386. The van der Waals surface area contributed by atoms with Crippen LogP contribution in [-0.2, 0) is 32.0 Å². The second-order valence-corrected chi connectivity index (χ2v) is 9.97. The van der Waals surface area contributed by atoms with Gasteiger partial charge in [0.05, 0.1) is 22.9 Å². The first kappa shape index (κ1) is 22.4. The number of benzene rings is 1. The number of cyclic esters (lactones) is 2. The van der Waals surface area contributed by atoms with Crippen LogP contribution in [0, 0.1) is 12.3 Å². The van der Waals surface area contributed by atoms with Gasteiger partial charge in [-0.3, -0.25) is 0 Å². The number of hydrogen-bond donors (Lipinski definition) is 0. The van der Waals surface area contributed by atoms with Crippen molar-refractivity contribution in [2.45, 2.75) is 52.2 Å². The summed E-state index contributed by atoms with van der Waals surface area (Å²) in [4.78, 5) is 28.5. The first-order chi connectivity index (χ1) is 15.9. The van der Waals surface area contributed by atoms with Gasteiger partial charge in [-0.1, -0.05) is 6.07 Å². The SMILES string of the molecule is COC1CN(C2=C(C)C(=O)OC2)CCC12CCN(CCc1ccc3c(c1C)COC3=O)CC2. The first-order valence-corrected chi connectivity index (χ1v) is 12.1. The standard InChI is InChI=1S/C26H34N2O5/c1-17-19(4-5-20-21(17)15-32-25(20)30)6-10-27-11-7-26(8-12-27)9-13-28(14-23(26)31-3)22-16-33-24(29)18(22)2/h4-5,23H,6-16H2,1-3H3. The van der Waals surface area contributed by atoms with Crippen molar-refractivity contribution < 1.29 is 23.8 Å². The number of piperidine rings is 2. The summed E-state index contributed by atoms with van der Waals surface area (Å²) >= 11 is 0. The fourth-order valence-corrected chi connectivity index (χ4v) is 6.11. The second-order valence-electron chi connectivity index (χ2n) is 9.97. The van der Waals surface area contributed by atoms with E-state index in [0.29, 0.717) is 13.2 Å². The zero-order valence-corrected chi connectivity index (χ0v) is 19.9. The molecule has 0 amide bonds. The predicted molar refractivity (Wildman–Crippen MR) is 123 cm³/mol. The molecular formula is C26H34N2O5. The largest absolute Gasteiger partial charge is 0.457 e. The van der Waals surface area contributed by atoms with Crippen molar-refractivity contribution >= 4 is 11.9 Å². The number of ether oxygens (including phenoxy) is 3. The summed E-state index contributed by atoms with van der Waals surface area (Å²) in [5.41, 5.74) is 6.29. The molecule has 0 aliphatic carbocycles. The molecule has 1 aromatic rings. The Hall–Kier alpha value is -2.38. The zero-order chi connectivity index (χ0) is 23.2. The molecule has 2 saturated heterocycles. The van der Waals surface area contributed by atoms with Crippen LogP contribution >= 0.6 is 0 Å². The lowest BCUT2D eigenvalue weighted by atomic mass is 9.69. The molecule has 0 radical (unpaired) electrons. The number of fused-ring (bicyclic) bond motifs is 1. The van der Waals surface area contributed by atoms with E-state index in [-0.39, 0.29) is 23.5 Å². The number of carbonyl (C=O) groups is 2. The molecule has 33 heavy (non-hydrogen) atoms. The van der Waals surface area contributed by atoms with Crippen LogP contribution in [0.2, 0.25) is 0 Å². The van der Waals surface area contributed by atoms with Crippen molar-refractivity contribution in [3.8, 4) is 0 Å². The van der Waals surface area contributed by atoms with E-state index in [9.17, 15) is 9.59 Å². The smallest absolute Gasteiger partial charge is 0.338 e. The third kappa shape index (κ3) is 3.95. The zero-order valence-electron chi connectivity index (χ0n) is 19.9. The highest BCUT2D eigenvalue weighted by molar-refractivity contribution is 5.94. The van der Waals surface area contributed by atoms with E-state index in [2.05, 4.69) is 22.8 Å². The van der Waals surface area contributed by atoms with Gasteiger partial charge >= 0.3 is 11.9 Å². The van der Waals surface area contributed by atoms with E-state index in [1.165, 1.54) is 11.1 Å². The molecule has 5 rings (SSSR count). The van der Waals surface area contributed by atoms with Crippen molar-refractivity contribution in [3.63, 3.8) is 0 Å². The van der Waals surface area contributed by atoms with E-state index < -0.39 is 0 Å². The van der Waals surface area contributed by atoms with Gasteiger partial charge < -0.3 is 24.0 Å². The third-order valence-corrected chi connectivity index (χ3v) is 8.52. The Balaban J connectivity index is 1.18. The highest BCUT2D eigenvalue weighted by Crippen LogP contribution is 2.44. The van der Waals surface area contributed by atoms with Crippen molar-refractivity contribution in [1.29, 1.82) is 0 Å². The normalized spacial score (nSPS) is 24.9.